The quantitative estimate of drug-likeness (QED) is 0.861. The van der Waals surface area contributed by atoms with Crippen molar-refractivity contribution in [2.45, 2.75) is 6.42 Å². The highest BCUT2D eigenvalue weighted by molar-refractivity contribution is 9.10. The molecule has 1 amide bonds. The van der Waals surface area contributed by atoms with E-state index in [1.165, 1.54) is 0 Å². The Hall–Kier alpha value is -1.36. The molecular formula is C11H14BrN3O. The second-order valence-corrected chi connectivity index (χ2v) is 4.31. The molecule has 1 heterocycles. The molecule has 5 heteroatoms. The zero-order valence-electron chi connectivity index (χ0n) is 9.11. The molecule has 0 saturated carbocycles. The summed E-state index contributed by atoms with van der Waals surface area (Å²) in [4.78, 5) is 17.5. The predicted octanol–water partition coefficient (Wildman–Crippen LogP) is 2.07. The summed E-state index contributed by atoms with van der Waals surface area (Å²) in [5.41, 5.74) is 6.07. The SMILES string of the molecule is C=CCCN(C)C(=O)c1cc(Br)cnc1N. The third kappa shape index (κ3) is 3.06. The maximum Gasteiger partial charge on any atom is 0.257 e. The van der Waals surface area contributed by atoms with Crippen LogP contribution in [0.15, 0.2) is 29.4 Å². The Kier molecular flexibility index (Phi) is 4.49. The van der Waals surface area contributed by atoms with Crippen LogP contribution in [0.1, 0.15) is 16.8 Å². The van der Waals surface area contributed by atoms with E-state index >= 15 is 0 Å². The molecule has 1 aromatic heterocycles. The van der Waals surface area contributed by atoms with Crippen molar-refractivity contribution in [1.82, 2.24) is 9.88 Å². The molecule has 0 atom stereocenters. The van der Waals surface area contributed by atoms with Gasteiger partial charge in [0.2, 0.25) is 0 Å². The van der Waals surface area contributed by atoms with E-state index in [9.17, 15) is 4.79 Å². The summed E-state index contributed by atoms with van der Waals surface area (Å²) in [6.07, 6.45) is 4.09. The van der Waals surface area contributed by atoms with Crippen LogP contribution in [0.5, 0.6) is 0 Å². The first-order valence-corrected chi connectivity index (χ1v) is 5.63. The average molecular weight is 284 g/mol. The summed E-state index contributed by atoms with van der Waals surface area (Å²) in [5.74, 6) is 0.117. The van der Waals surface area contributed by atoms with Crippen molar-refractivity contribution in [2.24, 2.45) is 0 Å². The lowest BCUT2D eigenvalue weighted by Gasteiger charge is -2.16. The number of nitrogens with two attached hydrogens (primary N) is 1. The van der Waals surface area contributed by atoms with Crippen molar-refractivity contribution in [3.05, 3.63) is 35.0 Å². The van der Waals surface area contributed by atoms with E-state index < -0.39 is 0 Å². The van der Waals surface area contributed by atoms with Crippen molar-refractivity contribution in [2.75, 3.05) is 19.3 Å². The molecule has 1 rings (SSSR count). The van der Waals surface area contributed by atoms with Crippen molar-refractivity contribution < 1.29 is 4.79 Å². The minimum atomic E-state index is -0.131. The standard InChI is InChI=1S/C11H14BrN3O/c1-3-4-5-15(2)11(16)9-6-8(12)7-14-10(9)13/h3,6-7H,1,4-5H2,2H3,(H2,13,14). The summed E-state index contributed by atoms with van der Waals surface area (Å²) in [6, 6.07) is 1.68. The largest absolute Gasteiger partial charge is 0.383 e. The smallest absolute Gasteiger partial charge is 0.257 e. The zero-order chi connectivity index (χ0) is 12.1. The second kappa shape index (κ2) is 5.65. The number of anilines is 1. The van der Waals surface area contributed by atoms with E-state index in [0.717, 1.165) is 10.9 Å². The first-order chi connectivity index (χ1) is 7.56. The summed E-state index contributed by atoms with van der Waals surface area (Å²) in [6.45, 7) is 4.23. The molecule has 0 aliphatic heterocycles. The van der Waals surface area contributed by atoms with Gasteiger partial charge >= 0.3 is 0 Å². The summed E-state index contributed by atoms with van der Waals surface area (Å²) >= 11 is 3.26. The molecule has 0 bridgehead atoms. The van der Waals surface area contributed by atoms with Crippen LogP contribution < -0.4 is 5.73 Å². The van der Waals surface area contributed by atoms with Crippen molar-refractivity contribution in [3.63, 3.8) is 0 Å². The number of halogens is 1. The van der Waals surface area contributed by atoms with E-state index in [0.29, 0.717) is 12.1 Å². The Morgan fingerprint density at radius 2 is 2.44 bits per heavy atom. The highest BCUT2D eigenvalue weighted by Gasteiger charge is 2.15. The second-order valence-electron chi connectivity index (χ2n) is 3.39. The Morgan fingerprint density at radius 3 is 3.06 bits per heavy atom. The molecule has 1 aromatic rings. The number of hydrogen-bond acceptors (Lipinski definition) is 3. The number of pyridine rings is 1. The van der Waals surface area contributed by atoms with Gasteiger partial charge in [-0.3, -0.25) is 4.79 Å². The van der Waals surface area contributed by atoms with Gasteiger partial charge in [0.05, 0.1) is 5.56 Å². The van der Waals surface area contributed by atoms with Crippen LogP contribution in [-0.2, 0) is 0 Å². The van der Waals surface area contributed by atoms with Crippen LogP contribution in [-0.4, -0.2) is 29.4 Å². The first-order valence-electron chi connectivity index (χ1n) is 4.83. The molecule has 0 aliphatic rings. The third-order valence-corrected chi connectivity index (χ3v) is 2.56. The van der Waals surface area contributed by atoms with Gasteiger partial charge in [-0.15, -0.1) is 6.58 Å². The number of carbonyl (C=O) groups is 1. The first kappa shape index (κ1) is 12.7. The van der Waals surface area contributed by atoms with Gasteiger partial charge < -0.3 is 10.6 Å². The number of amides is 1. The van der Waals surface area contributed by atoms with Gasteiger partial charge in [-0.1, -0.05) is 6.08 Å². The minimum absolute atomic E-state index is 0.131. The van der Waals surface area contributed by atoms with Crippen molar-refractivity contribution in [1.29, 1.82) is 0 Å². The highest BCUT2D eigenvalue weighted by Crippen LogP contribution is 2.17. The van der Waals surface area contributed by atoms with Crippen LogP contribution >= 0.6 is 15.9 Å². The van der Waals surface area contributed by atoms with Crippen LogP contribution in [0.3, 0.4) is 0 Å². The number of hydrogen-bond donors (Lipinski definition) is 1. The van der Waals surface area contributed by atoms with E-state index in [2.05, 4.69) is 27.5 Å². The number of carbonyl (C=O) groups excluding carboxylic acids is 1. The molecule has 0 spiro atoms. The van der Waals surface area contributed by atoms with E-state index in [4.69, 9.17) is 5.73 Å². The van der Waals surface area contributed by atoms with Crippen LogP contribution in [0, 0.1) is 0 Å². The van der Waals surface area contributed by atoms with Crippen molar-refractivity contribution >= 4 is 27.7 Å². The molecule has 2 N–H and O–H groups in total. The van der Waals surface area contributed by atoms with Gasteiger partial charge in [-0.25, -0.2) is 4.98 Å². The Morgan fingerprint density at radius 1 is 1.75 bits per heavy atom. The molecule has 0 radical (unpaired) electrons. The molecule has 0 fully saturated rings. The zero-order valence-corrected chi connectivity index (χ0v) is 10.7. The molecule has 4 nitrogen and oxygen atoms in total. The van der Waals surface area contributed by atoms with Gasteiger partial charge in [0.15, 0.2) is 0 Å². The maximum atomic E-state index is 12.0. The molecule has 0 aliphatic carbocycles. The number of nitrogens with zero attached hydrogens (tertiary/aromatic N) is 2. The Labute approximate surface area is 103 Å². The predicted molar refractivity (Wildman–Crippen MR) is 68.1 cm³/mol. The molecule has 86 valence electrons. The van der Waals surface area contributed by atoms with Crippen LogP contribution in [0.25, 0.3) is 0 Å². The maximum absolute atomic E-state index is 12.0. The minimum Gasteiger partial charge on any atom is -0.383 e. The number of nitrogen functional groups attached to an aromatic ring is 1. The fourth-order valence-corrected chi connectivity index (χ4v) is 1.54. The molecule has 16 heavy (non-hydrogen) atoms. The lowest BCUT2D eigenvalue weighted by atomic mass is 10.2. The molecule has 0 unspecified atom stereocenters. The van der Waals surface area contributed by atoms with Gasteiger partial charge in [0, 0.05) is 24.3 Å². The van der Waals surface area contributed by atoms with E-state index in [1.807, 2.05) is 0 Å². The molecule has 0 saturated heterocycles. The summed E-state index contributed by atoms with van der Waals surface area (Å²) in [5, 5.41) is 0. The lowest BCUT2D eigenvalue weighted by Crippen LogP contribution is -2.28. The lowest BCUT2D eigenvalue weighted by molar-refractivity contribution is 0.0798. The summed E-state index contributed by atoms with van der Waals surface area (Å²) < 4.78 is 0.738. The summed E-state index contributed by atoms with van der Waals surface area (Å²) in [7, 11) is 1.73. The van der Waals surface area contributed by atoms with Gasteiger partial charge in [0.1, 0.15) is 5.82 Å². The normalized spacial score (nSPS) is 9.88. The van der Waals surface area contributed by atoms with Crippen molar-refractivity contribution in [3.8, 4) is 0 Å². The fraction of sp³-hybridized carbons (Fsp3) is 0.273. The van der Waals surface area contributed by atoms with Gasteiger partial charge in [-0.05, 0) is 28.4 Å². The van der Waals surface area contributed by atoms with Crippen LogP contribution in [0.4, 0.5) is 5.82 Å². The number of aromatic nitrogens is 1. The van der Waals surface area contributed by atoms with Crippen LogP contribution in [0.2, 0.25) is 0 Å². The molecule has 0 aromatic carbocycles. The monoisotopic (exact) mass is 283 g/mol. The topological polar surface area (TPSA) is 59.2 Å². The fourth-order valence-electron chi connectivity index (χ4n) is 1.21. The Bertz CT molecular complexity index is 406. The van der Waals surface area contributed by atoms with Gasteiger partial charge in [0.25, 0.3) is 5.91 Å². The highest BCUT2D eigenvalue weighted by atomic mass is 79.9. The Balaban J connectivity index is 2.86. The molecular weight excluding hydrogens is 270 g/mol. The third-order valence-electron chi connectivity index (χ3n) is 2.13. The average Bonchev–Trinajstić information content (AvgIpc) is 2.28. The van der Waals surface area contributed by atoms with E-state index in [-0.39, 0.29) is 11.7 Å². The number of rotatable bonds is 4. The van der Waals surface area contributed by atoms with Gasteiger partial charge in [-0.2, -0.15) is 0 Å². The van der Waals surface area contributed by atoms with E-state index in [1.54, 1.807) is 30.3 Å².